The molecule has 2 saturated heterocycles. The minimum Gasteiger partial charge on any atom is -0.399 e. The summed E-state index contributed by atoms with van der Waals surface area (Å²) in [7, 11) is 4.88. The molecule has 1 unspecified atom stereocenters. The molecule has 0 radical (unpaired) electrons. The number of nitrogens with zero attached hydrogens (tertiary/aromatic N) is 2. The van der Waals surface area contributed by atoms with E-state index >= 15 is 0 Å². The molecule has 6 N–H and O–H groups in total. The fourth-order valence-corrected chi connectivity index (χ4v) is 9.31. The maximum atomic E-state index is 14.3. The Balaban J connectivity index is 1.44. The molecule has 304 valence electrons. The number of likely N-dealkylation sites (tertiary alicyclic amines) is 1. The van der Waals surface area contributed by atoms with Crippen LogP contribution in [0.25, 0.3) is 0 Å². The molecule has 1 aliphatic carbocycles. The Kier molecular flexibility index (Phi) is 15.7. The molecule has 2 bridgehead atoms. The van der Waals surface area contributed by atoms with Gasteiger partial charge in [-0.15, -0.1) is 0 Å². The van der Waals surface area contributed by atoms with Crippen molar-refractivity contribution in [3.05, 3.63) is 29.8 Å². The van der Waals surface area contributed by atoms with Crippen LogP contribution in [0.2, 0.25) is 0 Å². The SMILES string of the molecule is CC[C@H](C)C([C@@H](CC(=O)N1CCC[C@H]1[C@H](OC)[C@@H](C)C(=O)N[C@H](CO)Cc1cccc(N)c1)OC)N(C)C(=O)[C@@H](NC(=O)[C@H]1N[C@H]2CC[C@H]1[C@@H]2C)C(C)C. The molecule has 1 aromatic carbocycles. The molecular formula is C41H68N6O7. The van der Waals surface area contributed by atoms with Crippen molar-refractivity contribution >= 4 is 29.3 Å². The maximum Gasteiger partial charge on any atom is 0.245 e. The summed E-state index contributed by atoms with van der Waals surface area (Å²) in [6, 6.07) is 5.38. The van der Waals surface area contributed by atoms with Gasteiger partial charge >= 0.3 is 0 Å². The number of likely N-dealkylation sites (N-methyl/N-ethyl adjacent to an activating group) is 1. The Morgan fingerprint density at radius 2 is 1.80 bits per heavy atom. The van der Waals surface area contributed by atoms with Crippen LogP contribution in [-0.2, 0) is 35.1 Å². The Hall–Kier alpha value is -3.26. The van der Waals surface area contributed by atoms with Gasteiger partial charge in [0, 0.05) is 39.5 Å². The summed E-state index contributed by atoms with van der Waals surface area (Å²) >= 11 is 0. The molecule has 1 saturated carbocycles. The van der Waals surface area contributed by atoms with E-state index in [9.17, 15) is 24.3 Å². The Morgan fingerprint density at radius 3 is 2.35 bits per heavy atom. The van der Waals surface area contributed by atoms with Gasteiger partial charge in [-0.05, 0) is 73.5 Å². The van der Waals surface area contributed by atoms with Crippen molar-refractivity contribution in [3.8, 4) is 0 Å². The number of nitrogen functional groups attached to an aromatic ring is 1. The summed E-state index contributed by atoms with van der Waals surface area (Å²) in [4.78, 5) is 59.1. The predicted molar refractivity (Wildman–Crippen MR) is 209 cm³/mol. The van der Waals surface area contributed by atoms with Crippen molar-refractivity contribution in [1.82, 2.24) is 25.8 Å². The van der Waals surface area contributed by atoms with Crippen LogP contribution in [0.4, 0.5) is 5.69 Å². The van der Waals surface area contributed by atoms with E-state index in [0.717, 1.165) is 31.2 Å². The zero-order valence-electron chi connectivity index (χ0n) is 34.0. The first kappa shape index (κ1) is 43.5. The number of hydrogen-bond donors (Lipinski definition) is 5. The third-order valence-corrected chi connectivity index (χ3v) is 12.7. The first-order valence-corrected chi connectivity index (χ1v) is 20.1. The van der Waals surface area contributed by atoms with Crippen LogP contribution in [-0.4, -0.2) is 121 Å². The van der Waals surface area contributed by atoms with E-state index in [4.69, 9.17) is 15.2 Å². The second-order valence-electron chi connectivity index (χ2n) is 16.5. The van der Waals surface area contributed by atoms with E-state index in [2.05, 4.69) is 36.7 Å². The number of anilines is 1. The zero-order chi connectivity index (χ0) is 39.9. The van der Waals surface area contributed by atoms with Crippen LogP contribution >= 0.6 is 0 Å². The zero-order valence-corrected chi connectivity index (χ0v) is 34.0. The van der Waals surface area contributed by atoms with Crippen molar-refractivity contribution in [3.63, 3.8) is 0 Å². The highest BCUT2D eigenvalue weighted by Gasteiger charge is 2.49. The largest absolute Gasteiger partial charge is 0.399 e. The normalized spacial score (nSPS) is 26.1. The molecule has 12 atom stereocenters. The number of rotatable bonds is 19. The van der Waals surface area contributed by atoms with Gasteiger partial charge in [0.2, 0.25) is 23.6 Å². The third kappa shape index (κ3) is 9.94. The average Bonchev–Trinajstić information content (AvgIpc) is 3.87. The monoisotopic (exact) mass is 757 g/mol. The molecule has 2 aliphatic heterocycles. The molecule has 13 nitrogen and oxygen atoms in total. The summed E-state index contributed by atoms with van der Waals surface area (Å²) in [5, 5.41) is 19.6. The van der Waals surface area contributed by atoms with Crippen molar-refractivity contribution in [1.29, 1.82) is 0 Å². The molecule has 3 aliphatic rings. The number of carbonyl (C=O) groups is 4. The lowest BCUT2D eigenvalue weighted by Crippen LogP contribution is -2.60. The number of fused-ring (bicyclic) bond motifs is 2. The quantitative estimate of drug-likeness (QED) is 0.133. The van der Waals surface area contributed by atoms with Crippen LogP contribution in [0.15, 0.2) is 24.3 Å². The van der Waals surface area contributed by atoms with E-state index in [1.807, 2.05) is 32.0 Å². The lowest BCUT2D eigenvalue weighted by atomic mass is 9.89. The van der Waals surface area contributed by atoms with Gasteiger partial charge in [-0.2, -0.15) is 0 Å². The summed E-state index contributed by atoms with van der Waals surface area (Å²) < 4.78 is 12.0. The molecule has 54 heavy (non-hydrogen) atoms. The van der Waals surface area contributed by atoms with Gasteiger partial charge in [0.25, 0.3) is 0 Å². The highest BCUT2D eigenvalue weighted by atomic mass is 16.5. The molecule has 1 aromatic rings. The third-order valence-electron chi connectivity index (χ3n) is 12.7. The minimum atomic E-state index is -0.729. The van der Waals surface area contributed by atoms with Crippen LogP contribution < -0.4 is 21.7 Å². The van der Waals surface area contributed by atoms with Crippen molar-refractivity contribution < 1.29 is 33.8 Å². The van der Waals surface area contributed by atoms with Crippen molar-refractivity contribution in [2.45, 2.75) is 135 Å². The van der Waals surface area contributed by atoms with Crippen LogP contribution in [0.5, 0.6) is 0 Å². The second-order valence-corrected chi connectivity index (χ2v) is 16.5. The van der Waals surface area contributed by atoms with Crippen LogP contribution in [0.1, 0.15) is 85.6 Å². The van der Waals surface area contributed by atoms with Gasteiger partial charge in [-0.25, -0.2) is 0 Å². The maximum absolute atomic E-state index is 14.3. The second kappa shape index (κ2) is 19.6. The number of ether oxygens (including phenoxy) is 2. The van der Waals surface area contributed by atoms with E-state index in [-0.39, 0.29) is 66.5 Å². The highest BCUT2D eigenvalue weighted by molar-refractivity contribution is 5.90. The van der Waals surface area contributed by atoms with Gasteiger partial charge in [0.05, 0.1) is 55.3 Å². The number of methoxy groups -OCH3 is 2. The number of benzene rings is 1. The topological polar surface area (TPSA) is 176 Å². The van der Waals surface area contributed by atoms with E-state index < -0.39 is 36.3 Å². The molecule has 0 spiro atoms. The number of aliphatic hydroxyl groups excluding tert-OH is 1. The standard InChI is InChI=1S/C41H68N6O7/c1-10-24(4)37(46(7)41(52)35(23(2)3)45-40(51)36-30-16-17-31(44-36)25(30)5)33(53-8)21-34(49)47-18-12-15-32(47)38(54-9)26(6)39(50)43-29(22-48)20-27-13-11-14-28(42)19-27/h11,13-14,19,23-26,29-33,35-38,44,48H,10,12,15-18,20-22,42H2,1-9H3,(H,43,50)(H,45,51)/t24-,25-,26+,29-,30-,31-,32-,33+,35-,36-,37?,38+/m0/s1. The van der Waals surface area contributed by atoms with E-state index in [1.54, 1.807) is 44.1 Å². The van der Waals surface area contributed by atoms with E-state index in [0.29, 0.717) is 37.0 Å². The van der Waals surface area contributed by atoms with Crippen LogP contribution in [0, 0.1) is 29.6 Å². The molecule has 4 rings (SSSR count). The number of nitrogens with two attached hydrogens (primary N) is 1. The molecule has 2 heterocycles. The Bertz CT molecular complexity index is 1430. The fraction of sp³-hybridized carbons (Fsp3) is 0.756. The summed E-state index contributed by atoms with van der Waals surface area (Å²) in [5.41, 5.74) is 7.44. The number of aliphatic hydroxyl groups is 1. The highest BCUT2D eigenvalue weighted by Crippen LogP contribution is 2.40. The van der Waals surface area contributed by atoms with E-state index in [1.165, 1.54) is 0 Å². The van der Waals surface area contributed by atoms with Gasteiger partial charge in [-0.3, -0.25) is 19.2 Å². The van der Waals surface area contributed by atoms with Gasteiger partial charge < -0.3 is 46.1 Å². The minimum absolute atomic E-state index is 0.00934. The Labute approximate surface area is 322 Å². The number of amides is 4. The number of carbonyl (C=O) groups excluding carboxylic acids is 4. The van der Waals surface area contributed by atoms with Gasteiger partial charge in [0.1, 0.15) is 6.04 Å². The smallest absolute Gasteiger partial charge is 0.245 e. The first-order chi connectivity index (χ1) is 25.7. The van der Waals surface area contributed by atoms with Crippen molar-refractivity contribution in [2.75, 3.05) is 40.2 Å². The lowest BCUT2D eigenvalue weighted by Gasteiger charge is -2.41. The van der Waals surface area contributed by atoms with Gasteiger partial charge in [-0.1, -0.05) is 60.1 Å². The molecular weight excluding hydrogens is 688 g/mol. The number of piperidine rings is 1. The number of nitrogens with one attached hydrogen (secondary N) is 3. The average molecular weight is 757 g/mol. The van der Waals surface area contributed by atoms with Gasteiger partial charge in [0.15, 0.2) is 0 Å². The van der Waals surface area contributed by atoms with Crippen molar-refractivity contribution in [2.24, 2.45) is 29.6 Å². The molecule has 3 fully saturated rings. The molecule has 13 heteroatoms. The Morgan fingerprint density at radius 1 is 1.07 bits per heavy atom. The molecule has 0 aromatic heterocycles. The summed E-state index contributed by atoms with van der Waals surface area (Å²) in [5.74, 6) is -0.799. The fourth-order valence-electron chi connectivity index (χ4n) is 9.31. The lowest BCUT2D eigenvalue weighted by molar-refractivity contribution is -0.147. The summed E-state index contributed by atoms with van der Waals surface area (Å²) in [6.07, 6.45) is 3.53. The summed E-state index contributed by atoms with van der Waals surface area (Å²) in [6.45, 7) is 12.2. The first-order valence-electron chi connectivity index (χ1n) is 20.1. The number of hydrogen-bond acceptors (Lipinski definition) is 9. The molecule has 4 amide bonds. The predicted octanol–water partition coefficient (Wildman–Crippen LogP) is 2.74. The van der Waals surface area contributed by atoms with Crippen LogP contribution in [0.3, 0.4) is 0 Å².